The number of fused-ring (bicyclic) bond motifs is 3. The van der Waals surface area contributed by atoms with Crippen molar-refractivity contribution < 1.29 is 14.7 Å². The molecule has 0 spiro atoms. The summed E-state index contributed by atoms with van der Waals surface area (Å²) in [5, 5.41) is 14.9. The Labute approximate surface area is 177 Å². The van der Waals surface area contributed by atoms with Crippen molar-refractivity contribution in [2.24, 2.45) is 39.7 Å². The molecule has 5 nitrogen and oxygen atoms in total. The molecule has 5 heteroatoms. The van der Waals surface area contributed by atoms with Crippen LogP contribution >= 0.6 is 0 Å². The van der Waals surface area contributed by atoms with Crippen LogP contribution in [-0.4, -0.2) is 55.4 Å². The van der Waals surface area contributed by atoms with Crippen molar-refractivity contribution in [3.8, 4) is 0 Å². The standard InChI is InChI=1S/C24H42N2O3/c1-6-10-23(2)11-9-20-19(22(23)28)8-7-18-14-21(27)17(15-24(18,20)3)16-25-29-13-12-26(4)5/h16-21,27H,6-15H2,1-5H3/b25-16+/t17?,18?,19-,20+,21-,23+,24+/m1/s1. The number of oxime groups is 1. The van der Waals surface area contributed by atoms with Crippen LogP contribution in [0.5, 0.6) is 0 Å². The fourth-order valence-electron chi connectivity index (χ4n) is 6.73. The van der Waals surface area contributed by atoms with Gasteiger partial charge in [-0.2, -0.15) is 0 Å². The summed E-state index contributed by atoms with van der Waals surface area (Å²) in [5.41, 5.74) is 0.000105. The highest BCUT2D eigenvalue weighted by Crippen LogP contribution is 2.61. The number of ketones is 1. The molecule has 0 aliphatic heterocycles. The largest absolute Gasteiger partial charge is 0.395 e. The molecule has 3 saturated carbocycles. The van der Waals surface area contributed by atoms with Gasteiger partial charge in [-0.25, -0.2) is 0 Å². The Balaban J connectivity index is 1.70. The number of Topliss-reactive ketones (excluding diaryl/α,β-unsaturated/α-hetero) is 1. The minimum atomic E-state index is -0.351. The van der Waals surface area contributed by atoms with E-state index in [-0.39, 0.29) is 28.8 Å². The van der Waals surface area contributed by atoms with Crippen LogP contribution in [0.4, 0.5) is 0 Å². The fourth-order valence-corrected chi connectivity index (χ4v) is 6.73. The van der Waals surface area contributed by atoms with E-state index >= 15 is 0 Å². The summed E-state index contributed by atoms with van der Waals surface area (Å²) >= 11 is 0. The minimum absolute atomic E-state index is 0.0217. The first-order valence-corrected chi connectivity index (χ1v) is 11.7. The highest BCUT2D eigenvalue weighted by molar-refractivity contribution is 5.88. The first kappa shape index (κ1) is 22.7. The van der Waals surface area contributed by atoms with Gasteiger partial charge in [-0.15, -0.1) is 0 Å². The molecule has 0 amide bonds. The summed E-state index contributed by atoms with van der Waals surface area (Å²) in [6.45, 7) is 8.17. The Morgan fingerprint density at radius 2 is 2.03 bits per heavy atom. The van der Waals surface area contributed by atoms with Gasteiger partial charge in [-0.05, 0) is 76.3 Å². The molecule has 3 rings (SSSR count). The van der Waals surface area contributed by atoms with Crippen molar-refractivity contribution >= 4 is 12.0 Å². The van der Waals surface area contributed by atoms with Gasteiger partial charge in [-0.1, -0.05) is 32.3 Å². The number of aliphatic hydroxyl groups is 1. The van der Waals surface area contributed by atoms with Crippen LogP contribution in [0.25, 0.3) is 0 Å². The molecule has 7 atom stereocenters. The molecule has 0 bridgehead atoms. The van der Waals surface area contributed by atoms with Gasteiger partial charge in [0.15, 0.2) is 0 Å². The summed E-state index contributed by atoms with van der Waals surface area (Å²) in [6.07, 6.45) is 9.59. The molecule has 29 heavy (non-hydrogen) atoms. The van der Waals surface area contributed by atoms with Crippen molar-refractivity contribution in [3.05, 3.63) is 0 Å². The molecular weight excluding hydrogens is 364 g/mol. The third-order valence-corrected chi connectivity index (χ3v) is 8.48. The van der Waals surface area contributed by atoms with Crippen molar-refractivity contribution in [2.45, 2.75) is 78.2 Å². The highest BCUT2D eigenvalue weighted by atomic mass is 16.6. The van der Waals surface area contributed by atoms with Gasteiger partial charge < -0.3 is 14.8 Å². The molecule has 0 aromatic heterocycles. The Morgan fingerprint density at radius 3 is 2.72 bits per heavy atom. The Kier molecular flexibility index (Phi) is 7.10. The average Bonchev–Trinajstić information content (AvgIpc) is 2.65. The lowest BCUT2D eigenvalue weighted by Crippen LogP contribution is -2.56. The molecule has 2 unspecified atom stereocenters. The van der Waals surface area contributed by atoms with E-state index in [2.05, 4.69) is 30.8 Å². The van der Waals surface area contributed by atoms with Crippen molar-refractivity contribution in [3.63, 3.8) is 0 Å². The number of hydrogen-bond acceptors (Lipinski definition) is 5. The van der Waals surface area contributed by atoms with Crippen molar-refractivity contribution in [1.29, 1.82) is 0 Å². The molecular formula is C24H42N2O3. The van der Waals surface area contributed by atoms with E-state index in [1.165, 1.54) is 0 Å². The number of aliphatic hydroxyl groups excluding tert-OH is 1. The van der Waals surface area contributed by atoms with E-state index in [4.69, 9.17) is 4.84 Å². The molecule has 3 fully saturated rings. The first-order chi connectivity index (χ1) is 13.7. The van der Waals surface area contributed by atoms with Gasteiger partial charge in [0.05, 0.1) is 6.10 Å². The maximum Gasteiger partial charge on any atom is 0.142 e. The monoisotopic (exact) mass is 406 g/mol. The topological polar surface area (TPSA) is 62.1 Å². The lowest BCUT2D eigenvalue weighted by Gasteiger charge is -2.58. The van der Waals surface area contributed by atoms with Crippen LogP contribution < -0.4 is 0 Å². The Bertz CT molecular complexity index is 607. The van der Waals surface area contributed by atoms with E-state index in [1.54, 1.807) is 0 Å². The average molecular weight is 407 g/mol. The smallest absolute Gasteiger partial charge is 0.142 e. The first-order valence-electron chi connectivity index (χ1n) is 11.7. The number of likely N-dealkylation sites (N-methyl/N-ethyl adjacent to an activating group) is 1. The molecule has 1 N–H and O–H groups in total. The van der Waals surface area contributed by atoms with Crippen molar-refractivity contribution in [1.82, 2.24) is 4.90 Å². The van der Waals surface area contributed by atoms with Gasteiger partial charge in [0.25, 0.3) is 0 Å². The van der Waals surface area contributed by atoms with Crippen LogP contribution in [0.15, 0.2) is 5.16 Å². The highest BCUT2D eigenvalue weighted by Gasteiger charge is 2.57. The second-order valence-electron chi connectivity index (χ2n) is 10.8. The SMILES string of the molecule is CCC[C@@]1(C)CC[C@H]2[C@@H](CCC3C[C@@H](O)C(/C=N/OCCN(C)C)C[C@@]32C)C1=O. The van der Waals surface area contributed by atoms with Gasteiger partial charge in [0, 0.05) is 30.0 Å². The van der Waals surface area contributed by atoms with E-state index in [0.717, 1.165) is 57.9 Å². The number of hydrogen-bond donors (Lipinski definition) is 1. The Hall–Kier alpha value is -0.940. The van der Waals surface area contributed by atoms with Gasteiger partial charge in [0.1, 0.15) is 12.4 Å². The van der Waals surface area contributed by atoms with E-state index in [1.807, 2.05) is 20.3 Å². The van der Waals surface area contributed by atoms with Crippen LogP contribution in [0.3, 0.4) is 0 Å². The third kappa shape index (κ3) is 4.56. The van der Waals surface area contributed by atoms with E-state index in [0.29, 0.717) is 24.2 Å². The number of carbonyl (C=O) groups is 1. The number of nitrogens with zero attached hydrogens (tertiary/aromatic N) is 2. The summed E-state index contributed by atoms with van der Waals surface area (Å²) in [6, 6.07) is 0. The molecule has 0 aromatic carbocycles. The number of rotatable bonds is 7. The zero-order valence-electron chi connectivity index (χ0n) is 19.2. The summed E-state index contributed by atoms with van der Waals surface area (Å²) < 4.78 is 0. The summed E-state index contributed by atoms with van der Waals surface area (Å²) in [5.74, 6) is 1.73. The van der Waals surface area contributed by atoms with Crippen LogP contribution in [0.2, 0.25) is 0 Å². The molecule has 166 valence electrons. The van der Waals surface area contributed by atoms with Gasteiger partial charge in [0.2, 0.25) is 0 Å². The van der Waals surface area contributed by atoms with Crippen molar-refractivity contribution in [2.75, 3.05) is 27.2 Å². The Morgan fingerprint density at radius 1 is 1.28 bits per heavy atom. The molecule has 3 aliphatic rings. The van der Waals surface area contributed by atoms with Crippen LogP contribution in [0, 0.1) is 34.5 Å². The van der Waals surface area contributed by atoms with E-state index < -0.39 is 0 Å². The van der Waals surface area contributed by atoms with Crippen LogP contribution in [0.1, 0.15) is 72.1 Å². The quantitative estimate of drug-likeness (QED) is 0.392. The maximum absolute atomic E-state index is 13.4. The third-order valence-electron chi connectivity index (χ3n) is 8.48. The molecule has 0 heterocycles. The summed E-state index contributed by atoms with van der Waals surface area (Å²) in [4.78, 5) is 20.9. The maximum atomic E-state index is 13.4. The molecule has 0 radical (unpaired) electrons. The zero-order chi connectivity index (χ0) is 21.2. The predicted molar refractivity (Wildman–Crippen MR) is 117 cm³/mol. The summed E-state index contributed by atoms with van der Waals surface area (Å²) in [7, 11) is 4.02. The minimum Gasteiger partial charge on any atom is -0.395 e. The van der Waals surface area contributed by atoms with E-state index in [9.17, 15) is 9.90 Å². The second kappa shape index (κ2) is 9.05. The molecule has 3 aliphatic carbocycles. The predicted octanol–water partition coefficient (Wildman–Crippen LogP) is 4.14. The fraction of sp³-hybridized carbons (Fsp3) is 0.917. The number of carbonyl (C=O) groups excluding carboxylic acids is 1. The zero-order valence-corrected chi connectivity index (χ0v) is 19.2. The van der Waals surface area contributed by atoms with Crippen LogP contribution in [-0.2, 0) is 9.63 Å². The van der Waals surface area contributed by atoms with Gasteiger partial charge in [-0.3, -0.25) is 4.79 Å². The lowest BCUT2D eigenvalue weighted by atomic mass is 9.45. The second-order valence-corrected chi connectivity index (χ2v) is 10.8. The normalized spacial score (nSPS) is 42.7. The lowest BCUT2D eigenvalue weighted by molar-refractivity contribution is -0.155. The van der Waals surface area contributed by atoms with Gasteiger partial charge >= 0.3 is 0 Å². The molecule has 0 saturated heterocycles. The molecule has 0 aromatic rings.